The number of benzene rings is 2. The van der Waals surface area contributed by atoms with Gasteiger partial charge in [-0.2, -0.15) is 0 Å². The summed E-state index contributed by atoms with van der Waals surface area (Å²) >= 11 is 5.15. The van der Waals surface area contributed by atoms with Crippen molar-refractivity contribution in [2.24, 2.45) is 0 Å². The number of nitrogens with one attached hydrogen (secondary N) is 2. The van der Waals surface area contributed by atoms with Gasteiger partial charge in [-0.3, -0.25) is 10.1 Å². The van der Waals surface area contributed by atoms with Crippen molar-refractivity contribution in [3.05, 3.63) is 59.7 Å². The summed E-state index contributed by atoms with van der Waals surface area (Å²) < 4.78 is 15.0. The van der Waals surface area contributed by atoms with Crippen molar-refractivity contribution in [3.8, 4) is 5.75 Å². The molecule has 0 fully saturated rings. The Hall–Kier alpha value is -2.97. The van der Waals surface area contributed by atoms with E-state index >= 15 is 0 Å². The lowest BCUT2D eigenvalue weighted by molar-refractivity contribution is 0.0600. The van der Waals surface area contributed by atoms with E-state index in [9.17, 15) is 9.59 Å². The van der Waals surface area contributed by atoms with Crippen molar-refractivity contribution < 1.29 is 23.8 Å². The van der Waals surface area contributed by atoms with Gasteiger partial charge in [0.25, 0.3) is 5.91 Å². The molecule has 0 atom stereocenters. The van der Waals surface area contributed by atoms with Crippen LogP contribution in [-0.4, -0.2) is 44.4 Å². The fourth-order valence-electron chi connectivity index (χ4n) is 2.09. The minimum atomic E-state index is -0.464. The third-order valence-corrected chi connectivity index (χ3v) is 3.67. The van der Waals surface area contributed by atoms with Crippen LogP contribution in [0.4, 0.5) is 5.69 Å². The molecule has 0 aliphatic rings. The maximum absolute atomic E-state index is 12.2. The summed E-state index contributed by atoms with van der Waals surface area (Å²) in [6, 6.07) is 13.2. The Labute approximate surface area is 162 Å². The second kappa shape index (κ2) is 10.2. The highest BCUT2D eigenvalue weighted by atomic mass is 32.1. The van der Waals surface area contributed by atoms with Crippen molar-refractivity contribution >= 4 is 34.9 Å². The molecule has 0 aliphatic heterocycles. The van der Waals surface area contributed by atoms with Crippen LogP contribution in [0, 0.1) is 0 Å². The number of rotatable bonds is 7. The van der Waals surface area contributed by atoms with E-state index in [0.717, 1.165) is 0 Å². The Morgan fingerprint density at radius 2 is 1.56 bits per heavy atom. The molecular weight excluding hydrogens is 368 g/mol. The number of ether oxygens (including phenoxy) is 3. The molecule has 2 rings (SSSR count). The van der Waals surface area contributed by atoms with E-state index in [1.54, 1.807) is 31.4 Å². The molecule has 7 nitrogen and oxygen atoms in total. The van der Waals surface area contributed by atoms with Gasteiger partial charge in [-0.05, 0) is 60.7 Å². The molecule has 0 unspecified atom stereocenters. The summed E-state index contributed by atoms with van der Waals surface area (Å²) in [6.07, 6.45) is 0. The van der Waals surface area contributed by atoms with Crippen molar-refractivity contribution in [2.45, 2.75) is 0 Å². The first-order chi connectivity index (χ1) is 13.0. The second-order valence-electron chi connectivity index (χ2n) is 5.34. The number of amides is 1. The molecule has 0 radical (unpaired) electrons. The van der Waals surface area contributed by atoms with E-state index in [4.69, 9.17) is 21.7 Å². The highest BCUT2D eigenvalue weighted by Gasteiger charge is 2.10. The number of anilines is 1. The van der Waals surface area contributed by atoms with Gasteiger partial charge < -0.3 is 19.5 Å². The van der Waals surface area contributed by atoms with Crippen LogP contribution in [0.5, 0.6) is 5.75 Å². The topological polar surface area (TPSA) is 85.9 Å². The van der Waals surface area contributed by atoms with E-state index in [1.165, 1.54) is 31.4 Å². The van der Waals surface area contributed by atoms with E-state index in [0.29, 0.717) is 35.8 Å². The summed E-state index contributed by atoms with van der Waals surface area (Å²) in [7, 11) is 2.91. The van der Waals surface area contributed by atoms with Crippen LogP contribution >= 0.6 is 12.2 Å². The van der Waals surface area contributed by atoms with Gasteiger partial charge in [0, 0.05) is 18.4 Å². The average molecular weight is 388 g/mol. The van der Waals surface area contributed by atoms with Crippen molar-refractivity contribution in [2.75, 3.05) is 32.8 Å². The second-order valence-corrected chi connectivity index (χ2v) is 5.75. The molecule has 0 aromatic heterocycles. The molecule has 0 saturated heterocycles. The van der Waals surface area contributed by atoms with E-state index in [-0.39, 0.29) is 11.0 Å². The van der Waals surface area contributed by atoms with Crippen LogP contribution in [-0.2, 0) is 9.47 Å². The quantitative estimate of drug-likeness (QED) is 0.428. The van der Waals surface area contributed by atoms with Gasteiger partial charge in [0.05, 0.1) is 19.3 Å². The predicted molar refractivity (Wildman–Crippen MR) is 105 cm³/mol. The number of thiocarbonyl (C=S) groups is 1. The molecule has 2 aromatic rings. The smallest absolute Gasteiger partial charge is 0.337 e. The van der Waals surface area contributed by atoms with Gasteiger partial charge in [-0.1, -0.05) is 0 Å². The Bertz CT molecular complexity index is 791. The Kier molecular flexibility index (Phi) is 7.72. The molecule has 27 heavy (non-hydrogen) atoms. The molecule has 0 saturated carbocycles. The molecule has 2 aromatic carbocycles. The summed E-state index contributed by atoms with van der Waals surface area (Å²) in [5, 5.41) is 5.66. The maximum atomic E-state index is 12.2. The van der Waals surface area contributed by atoms with Crippen LogP contribution in [0.1, 0.15) is 20.7 Å². The molecule has 142 valence electrons. The number of hydrogen-bond acceptors (Lipinski definition) is 6. The van der Waals surface area contributed by atoms with Gasteiger partial charge >= 0.3 is 5.97 Å². The first-order valence-electron chi connectivity index (χ1n) is 8.06. The fourth-order valence-corrected chi connectivity index (χ4v) is 2.30. The van der Waals surface area contributed by atoms with E-state index in [1.807, 2.05) is 0 Å². The summed E-state index contributed by atoms with van der Waals surface area (Å²) in [5.74, 6) is -0.143. The Morgan fingerprint density at radius 1 is 0.926 bits per heavy atom. The minimum Gasteiger partial charge on any atom is -0.491 e. The van der Waals surface area contributed by atoms with Gasteiger partial charge in [0.2, 0.25) is 0 Å². The predicted octanol–water partition coefficient (Wildman–Crippen LogP) is 2.63. The summed E-state index contributed by atoms with van der Waals surface area (Å²) in [5.41, 5.74) is 1.44. The Morgan fingerprint density at radius 3 is 2.15 bits per heavy atom. The molecule has 8 heteroatoms. The molecule has 0 spiro atoms. The monoisotopic (exact) mass is 388 g/mol. The van der Waals surface area contributed by atoms with Crippen molar-refractivity contribution in [3.63, 3.8) is 0 Å². The zero-order valence-corrected chi connectivity index (χ0v) is 15.8. The van der Waals surface area contributed by atoms with Crippen LogP contribution in [0.15, 0.2) is 48.5 Å². The standard InChI is InChI=1S/C19H20N2O5S/c1-24-11-12-26-16-9-7-15(8-10-16)20-19(27)21-17(22)13-3-5-14(6-4-13)18(23)25-2/h3-10H,11-12H2,1-2H3,(H2,20,21,22,27). The summed E-state index contributed by atoms with van der Waals surface area (Å²) in [6.45, 7) is 0.975. The minimum absolute atomic E-state index is 0.157. The normalized spacial score (nSPS) is 10.0. The molecular formula is C19H20N2O5S. The Balaban J connectivity index is 1.87. The van der Waals surface area contributed by atoms with Gasteiger partial charge in [0.15, 0.2) is 5.11 Å². The largest absolute Gasteiger partial charge is 0.491 e. The average Bonchev–Trinajstić information content (AvgIpc) is 2.69. The molecule has 0 heterocycles. The lowest BCUT2D eigenvalue weighted by Crippen LogP contribution is -2.34. The van der Waals surface area contributed by atoms with Gasteiger partial charge in [-0.25, -0.2) is 4.79 Å². The van der Waals surface area contributed by atoms with Crippen molar-refractivity contribution in [1.29, 1.82) is 0 Å². The SMILES string of the molecule is COCCOc1ccc(NC(=S)NC(=O)c2ccc(C(=O)OC)cc2)cc1. The van der Waals surface area contributed by atoms with E-state index < -0.39 is 5.97 Å². The third-order valence-electron chi connectivity index (χ3n) is 3.46. The lowest BCUT2D eigenvalue weighted by atomic mass is 10.1. The summed E-state index contributed by atoms with van der Waals surface area (Å²) in [4.78, 5) is 23.6. The number of hydrogen-bond donors (Lipinski definition) is 2. The maximum Gasteiger partial charge on any atom is 0.337 e. The molecule has 0 aliphatic carbocycles. The number of carbonyl (C=O) groups is 2. The molecule has 0 bridgehead atoms. The van der Waals surface area contributed by atoms with Crippen LogP contribution < -0.4 is 15.4 Å². The van der Waals surface area contributed by atoms with Crippen LogP contribution in [0.2, 0.25) is 0 Å². The van der Waals surface area contributed by atoms with Gasteiger partial charge in [-0.15, -0.1) is 0 Å². The third kappa shape index (κ3) is 6.36. The zero-order valence-electron chi connectivity index (χ0n) is 15.0. The van der Waals surface area contributed by atoms with E-state index in [2.05, 4.69) is 15.4 Å². The number of esters is 1. The van der Waals surface area contributed by atoms with Gasteiger partial charge in [0.1, 0.15) is 12.4 Å². The number of carbonyl (C=O) groups excluding carboxylic acids is 2. The molecule has 2 N–H and O–H groups in total. The van der Waals surface area contributed by atoms with Crippen LogP contribution in [0.3, 0.4) is 0 Å². The van der Waals surface area contributed by atoms with Crippen LogP contribution in [0.25, 0.3) is 0 Å². The first kappa shape index (κ1) is 20.3. The van der Waals surface area contributed by atoms with Crippen molar-refractivity contribution in [1.82, 2.24) is 5.32 Å². The lowest BCUT2D eigenvalue weighted by Gasteiger charge is -2.11. The number of methoxy groups -OCH3 is 2. The highest BCUT2D eigenvalue weighted by molar-refractivity contribution is 7.80. The highest BCUT2D eigenvalue weighted by Crippen LogP contribution is 2.15. The first-order valence-corrected chi connectivity index (χ1v) is 8.47. The fraction of sp³-hybridized carbons (Fsp3) is 0.211. The molecule has 1 amide bonds. The zero-order chi connectivity index (χ0) is 19.6.